The van der Waals surface area contributed by atoms with Gasteiger partial charge in [0.05, 0.1) is 18.2 Å². The van der Waals surface area contributed by atoms with E-state index in [-0.39, 0.29) is 6.03 Å². The molecule has 1 heterocycles. The molecule has 3 N–H and O–H groups in total. The van der Waals surface area contributed by atoms with E-state index >= 15 is 0 Å². The molecule has 0 aliphatic heterocycles. The highest BCUT2D eigenvalue weighted by Crippen LogP contribution is 2.42. The summed E-state index contributed by atoms with van der Waals surface area (Å²) in [5, 5.41) is 5.92. The van der Waals surface area contributed by atoms with Crippen molar-refractivity contribution in [2.24, 2.45) is 17.8 Å². The standard InChI is InChI=1S/C18H20N4O/c23-18(20-9-15-7-12-4-5-13(15)6-12)22-16-3-1-2-14(8-16)17-10-19-11-21-17/h1-5,8,10-13,15H,6-7,9H2,(H,19,21)(H2,20,22,23)/t12-,13+,15+/m1/s1. The van der Waals surface area contributed by atoms with Crippen molar-refractivity contribution in [1.82, 2.24) is 15.3 Å². The van der Waals surface area contributed by atoms with E-state index in [1.54, 1.807) is 12.5 Å². The van der Waals surface area contributed by atoms with Gasteiger partial charge >= 0.3 is 6.03 Å². The maximum Gasteiger partial charge on any atom is 0.319 e. The fourth-order valence-electron chi connectivity index (χ4n) is 3.71. The number of anilines is 1. The highest BCUT2D eigenvalue weighted by Gasteiger charge is 2.35. The van der Waals surface area contributed by atoms with Crippen molar-refractivity contribution in [3.63, 3.8) is 0 Å². The Labute approximate surface area is 135 Å². The lowest BCUT2D eigenvalue weighted by Crippen LogP contribution is -2.34. The van der Waals surface area contributed by atoms with Crippen LogP contribution in [0.15, 0.2) is 48.9 Å². The monoisotopic (exact) mass is 308 g/mol. The van der Waals surface area contributed by atoms with Crippen LogP contribution in [0.4, 0.5) is 10.5 Å². The van der Waals surface area contributed by atoms with Crippen LogP contribution >= 0.6 is 0 Å². The number of H-pyrrole nitrogens is 1. The average molecular weight is 308 g/mol. The molecule has 5 nitrogen and oxygen atoms in total. The summed E-state index contributed by atoms with van der Waals surface area (Å²) >= 11 is 0. The van der Waals surface area contributed by atoms with Crippen molar-refractivity contribution in [2.45, 2.75) is 12.8 Å². The van der Waals surface area contributed by atoms with Gasteiger partial charge in [0.15, 0.2) is 0 Å². The van der Waals surface area contributed by atoms with Gasteiger partial charge in [0, 0.05) is 17.8 Å². The zero-order valence-electron chi connectivity index (χ0n) is 12.8. The van der Waals surface area contributed by atoms with Crippen molar-refractivity contribution in [2.75, 3.05) is 11.9 Å². The summed E-state index contributed by atoms with van der Waals surface area (Å²) in [4.78, 5) is 19.2. The number of hydrogen-bond donors (Lipinski definition) is 3. The summed E-state index contributed by atoms with van der Waals surface area (Å²) in [6.45, 7) is 0.748. The quantitative estimate of drug-likeness (QED) is 0.758. The number of nitrogens with one attached hydrogen (secondary N) is 3. The number of fused-ring (bicyclic) bond motifs is 2. The highest BCUT2D eigenvalue weighted by atomic mass is 16.2. The number of urea groups is 1. The van der Waals surface area contributed by atoms with Crippen LogP contribution in [0.1, 0.15) is 12.8 Å². The van der Waals surface area contributed by atoms with Gasteiger partial charge in [-0.1, -0.05) is 24.3 Å². The zero-order valence-corrected chi connectivity index (χ0v) is 12.8. The third-order valence-corrected chi connectivity index (χ3v) is 4.87. The minimum Gasteiger partial charge on any atom is -0.345 e. The fraction of sp³-hybridized carbons (Fsp3) is 0.333. The Kier molecular flexibility index (Phi) is 3.61. The zero-order chi connectivity index (χ0) is 15.6. The lowest BCUT2D eigenvalue weighted by Gasteiger charge is -2.18. The molecule has 1 aromatic carbocycles. The number of aromatic amines is 1. The molecule has 0 spiro atoms. The molecule has 2 aliphatic carbocycles. The number of carbonyl (C=O) groups is 1. The minimum atomic E-state index is -0.140. The molecule has 2 aromatic rings. The summed E-state index contributed by atoms with van der Waals surface area (Å²) in [5.41, 5.74) is 2.71. The molecule has 3 atom stereocenters. The summed E-state index contributed by atoms with van der Waals surface area (Å²) in [7, 11) is 0. The lowest BCUT2D eigenvalue weighted by atomic mass is 9.94. The highest BCUT2D eigenvalue weighted by molar-refractivity contribution is 5.90. The smallest absolute Gasteiger partial charge is 0.319 e. The van der Waals surface area contributed by atoms with Crippen LogP contribution in [-0.2, 0) is 0 Å². The molecule has 5 heteroatoms. The minimum absolute atomic E-state index is 0.140. The summed E-state index contributed by atoms with van der Waals surface area (Å²) < 4.78 is 0. The molecule has 118 valence electrons. The maximum absolute atomic E-state index is 12.1. The molecule has 0 radical (unpaired) electrons. The van der Waals surface area contributed by atoms with E-state index in [1.807, 2.05) is 24.3 Å². The first-order chi connectivity index (χ1) is 11.3. The van der Waals surface area contributed by atoms with Crippen molar-refractivity contribution in [1.29, 1.82) is 0 Å². The summed E-state index contributed by atoms with van der Waals surface area (Å²) in [6.07, 6.45) is 10.5. The molecular weight excluding hydrogens is 288 g/mol. The van der Waals surface area contributed by atoms with Crippen LogP contribution in [0.3, 0.4) is 0 Å². The number of allylic oxidation sites excluding steroid dienone is 2. The number of imidazole rings is 1. The average Bonchev–Trinajstić information content (AvgIpc) is 3.30. The van der Waals surface area contributed by atoms with Gasteiger partial charge in [-0.2, -0.15) is 0 Å². The Morgan fingerprint density at radius 2 is 2.26 bits per heavy atom. The van der Waals surface area contributed by atoms with E-state index in [2.05, 4.69) is 32.8 Å². The van der Waals surface area contributed by atoms with E-state index in [9.17, 15) is 4.79 Å². The molecule has 2 aliphatic rings. The van der Waals surface area contributed by atoms with Crippen molar-refractivity contribution >= 4 is 11.7 Å². The van der Waals surface area contributed by atoms with Crippen molar-refractivity contribution in [3.8, 4) is 11.3 Å². The SMILES string of the molecule is O=C(NC[C@@H]1C[C@@H]2C=C[C@H]1C2)Nc1cccc(-c2cnc[nH]2)c1. The van der Waals surface area contributed by atoms with Crippen LogP contribution in [0.5, 0.6) is 0 Å². The van der Waals surface area contributed by atoms with Gasteiger partial charge in [0.2, 0.25) is 0 Å². The molecule has 1 saturated carbocycles. The number of rotatable bonds is 4. The van der Waals surface area contributed by atoms with Gasteiger partial charge in [-0.15, -0.1) is 0 Å². The van der Waals surface area contributed by atoms with E-state index in [0.717, 1.165) is 29.4 Å². The molecule has 1 fully saturated rings. The maximum atomic E-state index is 12.1. The van der Waals surface area contributed by atoms with Crippen molar-refractivity contribution in [3.05, 3.63) is 48.9 Å². The third kappa shape index (κ3) is 2.99. The normalized spacial score (nSPS) is 24.8. The van der Waals surface area contributed by atoms with Crippen LogP contribution in [-0.4, -0.2) is 22.5 Å². The van der Waals surface area contributed by atoms with Crippen LogP contribution in [0, 0.1) is 17.8 Å². The second kappa shape index (κ2) is 5.91. The first kappa shape index (κ1) is 14.1. The third-order valence-electron chi connectivity index (χ3n) is 4.87. The molecular formula is C18H20N4O. The second-order valence-electron chi connectivity index (χ2n) is 6.42. The molecule has 23 heavy (non-hydrogen) atoms. The van der Waals surface area contributed by atoms with Gasteiger partial charge in [-0.05, 0) is 42.7 Å². The molecule has 2 amide bonds. The topological polar surface area (TPSA) is 69.8 Å². The van der Waals surface area contributed by atoms with Gasteiger partial charge in [0.25, 0.3) is 0 Å². The Morgan fingerprint density at radius 3 is 3.00 bits per heavy atom. The van der Waals surface area contributed by atoms with Gasteiger partial charge < -0.3 is 15.6 Å². The van der Waals surface area contributed by atoms with E-state index in [4.69, 9.17) is 0 Å². The Bertz CT molecular complexity index is 722. The Balaban J connectivity index is 1.34. The summed E-state index contributed by atoms with van der Waals surface area (Å²) in [6, 6.07) is 7.59. The van der Waals surface area contributed by atoms with E-state index in [1.165, 1.54) is 12.8 Å². The molecule has 4 rings (SSSR count). The Hall–Kier alpha value is -2.56. The van der Waals surface area contributed by atoms with E-state index in [0.29, 0.717) is 11.8 Å². The fourth-order valence-corrected chi connectivity index (χ4v) is 3.71. The molecule has 1 aromatic heterocycles. The van der Waals surface area contributed by atoms with Crippen LogP contribution < -0.4 is 10.6 Å². The first-order valence-electron chi connectivity index (χ1n) is 8.10. The van der Waals surface area contributed by atoms with Gasteiger partial charge in [-0.25, -0.2) is 9.78 Å². The van der Waals surface area contributed by atoms with E-state index < -0.39 is 0 Å². The van der Waals surface area contributed by atoms with Gasteiger partial charge in [-0.3, -0.25) is 0 Å². The lowest BCUT2D eigenvalue weighted by molar-refractivity contribution is 0.249. The predicted molar refractivity (Wildman–Crippen MR) is 89.9 cm³/mol. The predicted octanol–water partition coefficient (Wildman–Crippen LogP) is 3.41. The summed E-state index contributed by atoms with van der Waals surface area (Å²) in [5.74, 6) is 1.98. The Morgan fingerprint density at radius 1 is 1.30 bits per heavy atom. The van der Waals surface area contributed by atoms with Gasteiger partial charge in [0.1, 0.15) is 0 Å². The largest absolute Gasteiger partial charge is 0.345 e. The molecule has 0 saturated heterocycles. The number of nitrogens with zero attached hydrogens (tertiary/aromatic N) is 1. The van der Waals surface area contributed by atoms with Crippen LogP contribution in [0.25, 0.3) is 11.3 Å². The number of hydrogen-bond acceptors (Lipinski definition) is 2. The number of aromatic nitrogens is 2. The first-order valence-corrected chi connectivity index (χ1v) is 8.10. The number of carbonyl (C=O) groups excluding carboxylic acids is 1. The number of benzene rings is 1. The van der Waals surface area contributed by atoms with Crippen LogP contribution in [0.2, 0.25) is 0 Å². The molecule has 0 unspecified atom stereocenters. The number of amides is 2. The molecule has 2 bridgehead atoms. The second-order valence-corrected chi connectivity index (χ2v) is 6.42. The van der Waals surface area contributed by atoms with Crippen molar-refractivity contribution < 1.29 is 4.79 Å².